The zero-order valence-electron chi connectivity index (χ0n) is 12.5. The number of nitrogens with one attached hydrogen (secondary N) is 1. The van der Waals surface area contributed by atoms with E-state index < -0.39 is 11.8 Å². The van der Waals surface area contributed by atoms with E-state index >= 15 is 0 Å². The maximum absolute atomic E-state index is 12.8. The first-order chi connectivity index (χ1) is 11.9. The summed E-state index contributed by atoms with van der Waals surface area (Å²) in [6, 6.07) is 11.3. The second kappa shape index (κ2) is 6.95. The second-order valence-corrected chi connectivity index (χ2v) is 6.83. The molecule has 0 aromatic heterocycles. The summed E-state index contributed by atoms with van der Waals surface area (Å²) in [5.74, 6) is -1.08. The topological polar surface area (TPSA) is 69.6 Å². The molecule has 1 aliphatic heterocycles. The molecule has 1 heterocycles. The molecule has 2 amide bonds. The van der Waals surface area contributed by atoms with Crippen molar-refractivity contribution in [3.05, 3.63) is 63.1 Å². The predicted octanol–water partition coefficient (Wildman–Crippen LogP) is 3.64. The molecule has 0 radical (unpaired) electrons. The van der Waals surface area contributed by atoms with E-state index in [1.807, 2.05) is 0 Å². The molecule has 0 unspecified atom stereocenters. The molecular weight excluding hydrogens is 428 g/mol. The number of halogens is 2. The molecule has 0 atom stereocenters. The van der Waals surface area contributed by atoms with E-state index in [0.717, 1.165) is 0 Å². The number of phenolic OH excluding ortho intramolecular Hbond substituents is 1. The first-order valence-corrected chi connectivity index (χ1v) is 8.60. The Morgan fingerprint density at radius 3 is 2.64 bits per heavy atom. The Morgan fingerprint density at radius 1 is 1.20 bits per heavy atom. The summed E-state index contributed by atoms with van der Waals surface area (Å²) in [7, 11) is 0. The maximum Gasteiger partial charge on any atom is 0.270 e. The van der Waals surface area contributed by atoms with Crippen LogP contribution in [0.1, 0.15) is 5.56 Å². The molecule has 1 fully saturated rings. The summed E-state index contributed by atoms with van der Waals surface area (Å²) in [6.45, 7) is 0. The first-order valence-electron chi connectivity index (χ1n) is 7.02. The van der Waals surface area contributed by atoms with Crippen LogP contribution in [0.5, 0.6) is 5.75 Å². The fraction of sp³-hybridized carbons (Fsp3) is 0. The number of hydrogen-bond acceptors (Lipinski definition) is 4. The molecule has 0 aliphatic carbocycles. The van der Waals surface area contributed by atoms with Crippen molar-refractivity contribution in [2.45, 2.75) is 0 Å². The highest BCUT2D eigenvalue weighted by Crippen LogP contribution is 2.27. The largest absolute Gasteiger partial charge is 0.507 e. The number of carbonyl (C=O) groups is 2. The first kappa shape index (κ1) is 17.6. The third-order valence-electron chi connectivity index (χ3n) is 3.45. The number of nitrogens with zero attached hydrogens (tertiary/aromatic N) is 1. The lowest BCUT2D eigenvalue weighted by Gasteiger charge is -2.29. The number of anilines is 1. The Hall–Kier alpha value is -2.22. The number of rotatable bonds is 2. The van der Waals surface area contributed by atoms with Gasteiger partial charge in [-0.2, -0.15) is 0 Å². The van der Waals surface area contributed by atoms with Crippen LogP contribution in [0.15, 0.2) is 52.5 Å². The molecule has 0 saturated carbocycles. The maximum atomic E-state index is 12.8. The van der Waals surface area contributed by atoms with E-state index in [1.54, 1.807) is 36.4 Å². The minimum Gasteiger partial charge on any atom is -0.507 e. The molecule has 25 heavy (non-hydrogen) atoms. The normalized spacial score (nSPS) is 16.3. The third kappa shape index (κ3) is 3.58. The van der Waals surface area contributed by atoms with Gasteiger partial charge in [-0.25, -0.2) is 0 Å². The highest BCUT2D eigenvalue weighted by molar-refractivity contribution is 9.10. The van der Waals surface area contributed by atoms with E-state index in [-0.39, 0.29) is 16.4 Å². The van der Waals surface area contributed by atoms with Gasteiger partial charge in [0.05, 0.1) is 10.2 Å². The van der Waals surface area contributed by atoms with Crippen LogP contribution in [0.25, 0.3) is 6.08 Å². The van der Waals surface area contributed by atoms with Crippen molar-refractivity contribution in [3.63, 3.8) is 0 Å². The van der Waals surface area contributed by atoms with Crippen molar-refractivity contribution >= 4 is 68.4 Å². The van der Waals surface area contributed by atoms with Crippen LogP contribution in [0, 0.1) is 0 Å². The number of aromatic hydroxyl groups is 1. The van der Waals surface area contributed by atoms with E-state index in [0.29, 0.717) is 20.7 Å². The highest BCUT2D eigenvalue weighted by atomic mass is 79.9. The lowest BCUT2D eigenvalue weighted by Crippen LogP contribution is -2.54. The minimum atomic E-state index is -0.586. The molecular formula is C17H10BrClN2O3S. The Balaban J connectivity index is 2.03. The molecule has 126 valence electrons. The summed E-state index contributed by atoms with van der Waals surface area (Å²) >= 11 is 14.3. The smallest absolute Gasteiger partial charge is 0.270 e. The Kier molecular flexibility index (Phi) is 4.89. The SMILES string of the molecule is O=C1NC(=S)N(c2cccc(Cl)c2)C(=O)/C1=C/c1ccc(O)c(Br)c1. The van der Waals surface area contributed by atoms with Crippen molar-refractivity contribution in [3.8, 4) is 5.75 Å². The van der Waals surface area contributed by atoms with Crippen LogP contribution in [-0.2, 0) is 9.59 Å². The molecule has 0 bridgehead atoms. The lowest BCUT2D eigenvalue weighted by molar-refractivity contribution is -0.122. The van der Waals surface area contributed by atoms with Crippen LogP contribution in [0.4, 0.5) is 5.69 Å². The summed E-state index contributed by atoms with van der Waals surface area (Å²) in [4.78, 5) is 26.2. The van der Waals surface area contributed by atoms with Crippen LogP contribution in [0.3, 0.4) is 0 Å². The van der Waals surface area contributed by atoms with Crippen molar-refractivity contribution in [2.24, 2.45) is 0 Å². The Morgan fingerprint density at radius 2 is 1.96 bits per heavy atom. The fourth-order valence-corrected chi connectivity index (χ4v) is 3.15. The second-order valence-electron chi connectivity index (χ2n) is 5.15. The van der Waals surface area contributed by atoms with Gasteiger partial charge in [0, 0.05) is 5.02 Å². The summed E-state index contributed by atoms with van der Waals surface area (Å²) in [5.41, 5.74) is 0.952. The fourth-order valence-electron chi connectivity index (χ4n) is 2.29. The van der Waals surface area contributed by atoms with Crippen LogP contribution in [0.2, 0.25) is 5.02 Å². The molecule has 1 aliphatic rings. The summed E-state index contributed by atoms with van der Waals surface area (Å²) in [6.07, 6.45) is 1.43. The van der Waals surface area contributed by atoms with Gasteiger partial charge in [-0.1, -0.05) is 23.7 Å². The van der Waals surface area contributed by atoms with Crippen molar-refractivity contribution in [1.29, 1.82) is 0 Å². The van der Waals surface area contributed by atoms with Crippen molar-refractivity contribution < 1.29 is 14.7 Å². The predicted molar refractivity (Wildman–Crippen MR) is 103 cm³/mol. The summed E-state index contributed by atoms with van der Waals surface area (Å²) in [5, 5.41) is 12.5. The number of phenols is 1. The van der Waals surface area contributed by atoms with E-state index in [4.69, 9.17) is 23.8 Å². The van der Waals surface area contributed by atoms with Gasteiger partial charge < -0.3 is 5.11 Å². The van der Waals surface area contributed by atoms with Gasteiger partial charge in [-0.05, 0) is 70.1 Å². The van der Waals surface area contributed by atoms with E-state index in [1.165, 1.54) is 17.0 Å². The van der Waals surface area contributed by atoms with Gasteiger partial charge >= 0.3 is 0 Å². The van der Waals surface area contributed by atoms with Gasteiger partial charge in [0.2, 0.25) is 0 Å². The number of benzene rings is 2. The van der Waals surface area contributed by atoms with Gasteiger partial charge in [-0.15, -0.1) is 0 Å². The monoisotopic (exact) mass is 436 g/mol. The molecule has 3 rings (SSSR count). The average Bonchev–Trinajstić information content (AvgIpc) is 2.54. The van der Waals surface area contributed by atoms with E-state index in [9.17, 15) is 14.7 Å². The van der Waals surface area contributed by atoms with Gasteiger partial charge in [0.1, 0.15) is 11.3 Å². The van der Waals surface area contributed by atoms with Crippen LogP contribution < -0.4 is 10.2 Å². The third-order valence-corrected chi connectivity index (χ3v) is 4.61. The Bertz CT molecular complexity index is 945. The molecule has 2 aromatic rings. The standard InChI is InChI=1S/C17H10BrClN2O3S/c18-13-7-9(4-5-14(13)22)6-12-15(23)20-17(25)21(16(12)24)11-3-1-2-10(19)8-11/h1-8,22H,(H,20,23,25)/b12-6+. The van der Waals surface area contributed by atoms with E-state index in [2.05, 4.69) is 21.2 Å². The number of thiocarbonyl (C=S) groups is 1. The highest BCUT2D eigenvalue weighted by Gasteiger charge is 2.34. The lowest BCUT2D eigenvalue weighted by atomic mass is 10.1. The quantitative estimate of drug-likeness (QED) is 0.428. The van der Waals surface area contributed by atoms with Crippen LogP contribution >= 0.6 is 39.7 Å². The van der Waals surface area contributed by atoms with Gasteiger partial charge in [0.25, 0.3) is 11.8 Å². The molecule has 2 N–H and O–H groups in total. The number of hydrogen-bond donors (Lipinski definition) is 2. The minimum absolute atomic E-state index is 0.0127. The zero-order chi connectivity index (χ0) is 18.1. The Labute approximate surface area is 162 Å². The van der Waals surface area contributed by atoms with Crippen molar-refractivity contribution in [1.82, 2.24) is 5.32 Å². The van der Waals surface area contributed by atoms with Crippen LogP contribution in [-0.4, -0.2) is 22.0 Å². The number of carbonyl (C=O) groups excluding carboxylic acids is 2. The summed E-state index contributed by atoms with van der Waals surface area (Å²) < 4.78 is 0.452. The average molecular weight is 438 g/mol. The molecule has 0 spiro atoms. The number of amides is 2. The molecule has 8 heteroatoms. The molecule has 1 saturated heterocycles. The molecule has 5 nitrogen and oxygen atoms in total. The molecule has 2 aromatic carbocycles. The zero-order valence-corrected chi connectivity index (χ0v) is 15.7. The van der Waals surface area contributed by atoms with Gasteiger partial charge in [-0.3, -0.25) is 19.8 Å². The van der Waals surface area contributed by atoms with Gasteiger partial charge in [0.15, 0.2) is 5.11 Å². The van der Waals surface area contributed by atoms with Crippen molar-refractivity contribution in [2.75, 3.05) is 4.90 Å².